The van der Waals surface area contributed by atoms with Gasteiger partial charge in [-0.05, 0) is 12.1 Å². The van der Waals surface area contributed by atoms with Gasteiger partial charge in [0, 0.05) is 10.6 Å². The summed E-state index contributed by atoms with van der Waals surface area (Å²) in [6, 6.07) is 8.67. The third-order valence-electron chi connectivity index (χ3n) is 1.80. The molecule has 0 radical (unpaired) electrons. The van der Waals surface area contributed by atoms with Gasteiger partial charge in [-0.3, -0.25) is 4.79 Å². The van der Waals surface area contributed by atoms with E-state index in [2.05, 4.69) is 15.4 Å². The van der Waals surface area contributed by atoms with E-state index in [0.29, 0.717) is 5.52 Å². The summed E-state index contributed by atoms with van der Waals surface area (Å²) >= 11 is 0. The fourth-order valence-electron chi connectivity index (χ4n) is 1.14. The lowest BCUT2D eigenvalue weighted by molar-refractivity contribution is 0.0995. The van der Waals surface area contributed by atoms with Crippen molar-refractivity contribution < 1.29 is 4.79 Å². The second-order valence-electron chi connectivity index (χ2n) is 2.68. The number of fused-ring (bicyclic) bond motifs is 1. The molecule has 2 aromatic rings. The van der Waals surface area contributed by atoms with E-state index in [0.717, 1.165) is 5.39 Å². The molecular formula is C9H5N3O2. The van der Waals surface area contributed by atoms with Crippen LogP contribution in [0, 0.1) is 4.91 Å². The van der Waals surface area contributed by atoms with Crippen LogP contribution in [0.15, 0.2) is 35.5 Å². The number of nitroso groups, excluding NO2 is 1. The number of nitrogens with zero attached hydrogens (tertiary/aromatic N) is 3. The highest BCUT2D eigenvalue weighted by atomic mass is 16.3. The number of aromatic nitrogens is 2. The van der Waals surface area contributed by atoms with Gasteiger partial charge < -0.3 is 0 Å². The molecule has 0 unspecified atom stereocenters. The van der Waals surface area contributed by atoms with Gasteiger partial charge in [-0.15, -0.1) is 15.1 Å². The summed E-state index contributed by atoms with van der Waals surface area (Å²) in [6.45, 7) is 0. The first-order valence-corrected chi connectivity index (χ1v) is 3.91. The lowest BCUT2D eigenvalue weighted by atomic mass is 10.2. The minimum absolute atomic E-state index is 0.0290. The minimum atomic E-state index is -0.900. The lowest BCUT2D eigenvalue weighted by Gasteiger charge is -1.95. The number of rotatable bonds is 1. The monoisotopic (exact) mass is 187 g/mol. The molecule has 5 nitrogen and oxygen atoms in total. The Morgan fingerprint density at radius 2 is 2.00 bits per heavy atom. The number of carbonyl (C=O) groups excluding carboxylic acids is 1. The molecule has 1 aromatic carbocycles. The van der Waals surface area contributed by atoms with Crippen molar-refractivity contribution in [2.45, 2.75) is 0 Å². The van der Waals surface area contributed by atoms with Crippen molar-refractivity contribution in [1.82, 2.24) is 10.2 Å². The smallest absolute Gasteiger partial charge is 0.261 e. The second kappa shape index (κ2) is 3.29. The molecule has 0 spiro atoms. The fourth-order valence-corrected chi connectivity index (χ4v) is 1.14. The summed E-state index contributed by atoms with van der Waals surface area (Å²) in [4.78, 5) is 20.8. The SMILES string of the molecule is O=NC(=O)c1cc2ccccc2nn1. The van der Waals surface area contributed by atoms with Gasteiger partial charge in [0.05, 0.1) is 5.52 Å². The van der Waals surface area contributed by atoms with Crippen molar-refractivity contribution in [2.24, 2.45) is 5.18 Å². The van der Waals surface area contributed by atoms with Gasteiger partial charge in [0.15, 0.2) is 5.69 Å². The Hall–Kier alpha value is -2.17. The largest absolute Gasteiger partial charge is 0.336 e. The summed E-state index contributed by atoms with van der Waals surface area (Å²) in [5, 5.41) is 10.4. The molecule has 1 aromatic heterocycles. The molecule has 0 aliphatic heterocycles. The molecule has 14 heavy (non-hydrogen) atoms. The molecule has 68 valence electrons. The van der Waals surface area contributed by atoms with Crippen molar-refractivity contribution in [1.29, 1.82) is 0 Å². The van der Waals surface area contributed by atoms with Gasteiger partial charge in [0.1, 0.15) is 0 Å². The van der Waals surface area contributed by atoms with Crippen LogP contribution in [-0.4, -0.2) is 16.1 Å². The van der Waals surface area contributed by atoms with Crippen LogP contribution in [0.1, 0.15) is 10.5 Å². The number of amides is 1. The molecule has 0 aliphatic carbocycles. The molecule has 2 rings (SSSR count). The Bertz CT molecular complexity index is 510. The van der Waals surface area contributed by atoms with Crippen LogP contribution in [-0.2, 0) is 0 Å². The molecule has 0 aliphatic rings. The number of carbonyl (C=O) groups is 1. The van der Waals surface area contributed by atoms with Gasteiger partial charge in [0.2, 0.25) is 0 Å². The number of hydrogen-bond acceptors (Lipinski definition) is 4. The first-order chi connectivity index (χ1) is 6.81. The van der Waals surface area contributed by atoms with Gasteiger partial charge in [-0.25, -0.2) is 0 Å². The Kier molecular flexibility index (Phi) is 1.98. The lowest BCUT2D eigenvalue weighted by Crippen LogP contribution is -1.99. The second-order valence-corrected chi connectivity index (χ2v) is 2.68. The van der Waals surface area contributed by atoms with Gasteiger partial charge >= 0.3 is 5.91 Å². The topological polar surface area (TPSA) is 72.3 Å². The van der Waals surface area contributed by atoms with E-state index < -0.39 is 5.91 Å². The molecule has 0 atom stereocenters. The molecular weight excluding hydrogens is 182 g/mol. The summed E-state index contributed by atoms with van der Waals surface area (Å²) in [7, 11) is 0. The van der Waals surface area contributed by atoms with Crippen LogP contribution in [0.4, 0.5) is 0 Å². The molecule has 0 N–H and O–H groups in total. The van der Waals surface area contributed by atoms with Crippen LogP contribution in [0.2, 0.25) is 0 Å². The predicted molar refractivity (Wildman–Crippen MR) is 49.7 cm³/mol. The van der Waals surface area contributed by atoms with Gasteiger partial charge in [-0.1, -0.05) is 18.2 Å². The van der Waals surface area contributed by atoms with Crippen molar-refractivity contribution in [3.63, 3.8) is 0 Å². The zero-order chi connectivity index (χ0) is 9.97. The number of benzene rings is 1. The average Bonchev–Trinajstić information content (AvgIpc) is 2.27. The third-order valence-corrected chi connectivity index (χ3v) is 1.80. The van der Waals surface area contributed by atoms with E-state index in [1.54, 1.807) is 12.1 Å². The van der Waals surface area contributed by atoms with E-state index in [-0.39, 0.29) is 5.69 Å². The van der Waals surface area contributed by atoms with Crippen LogP contribution in [0.5, 0.6) is 0 Å². The maximum Gasteiger partial charge on any atom is 0.336 e. The van der Waals surface area contributed by atoms with Crippen LogP contribution < -0.4 is 0 Å². The quantitative estimate of drug-likeness (QED) is 0.634. The highest BCUT2D eigenvalue weighted by Crippen LogP contribution is 2.10. The van der Waals surface area contributed by atoms with E-state index in [1.807, 2.05) is 12.1 Å². The Balaban J connectivity index is 2.62. The molecule has 1 heterocycles. The van der Waals surface area contributed by atoms with E-state index >= 15 is 0 Å². The Morgan fingerprint density at radius 1 is 1.21 bits per heavy atom. The third kappa shape index (κ3) is 1.35. The summed E-state index contributed by atoms with van der Waals surface area (Å²) in [5.74, 6) is -0.900. The molecule has 1 amide bonds. The first-order valence-electron chi connectivity index (χ1n) is 3.91. The molecule has 0 saturated heterocycles. The van der Waals surface area contributed by atoms with Gasteiger partial charge in [-0.2, -0.15) is 0 Å². The first kappa shape index (κ1) is 8.43. The van der Waals surface area contributed by atoms with Crippen LogP contribution in [0.3, 0.4) is 0 Å². The average molecular weight is 187 g/mol. The fraction of sp³-hybridized carbons (Fsp3) is 0. The summed E-state index contributed by atoms with van der Waals surface area (Å²) < 4.78 is 0. The van der Waals surface area contributed by atoms with Crippen molar-refractivity contribution >= 4 is 16.8 Å². The predicted octanol–water partition coefficient (Wildman–Crippen LogP) is 1.54. The zero-order valence-electron chi connectivity index (χ0n) is 7.04. The van der Waals surface area contributed by atoms with E-state index in [9.17, 15) is 9.70 Å². The van der Waals surface area contributed by atoms with Crippen LogP contribution in [0.25, 0.3) is 10.9 Å². The highest BCUT2D eigenvalue weighted by molar-refractivity contribution is 5.95. The Morgan fingerprint density at radius 3 is 2.79 bits per heavy atom. The minimum Gasteiger partial charge on any atom is -0.261 e. The van der Waals surface area contributed by atoms with Crippen molar-refractivity contribution in [3.8, 4) is 0 Å². The highest BCUT2D eigenvalue weighted by Gasteiger charge is 2.08. The molecule has 0 bridgehead atoms. The van der Waals surface area contributed by atoms with Crippen molar-refractivity contribution in [3.05, 3.63) is 40.9 Å². The maximum atomic E-state index is 10.9. The maximum absolute atomic E-state index is 10.9. The Labute approximate surface area is 78.7 Å². The standard InChI is InChI=1S/C9H5N3O2/c13-9(12-14)8-5-6-3-1-2-4-7(6)10-11-8/h1-5H. The van der Waals surface area contributed by atoms with Crippen LogP contribution >= 0.6 is 0 Å². The summed E-state index contributed by atoms with van der Waals surface area (Å²) in [5.41, 5.74) is 0.647. The van der Waals surface area contributed by atoms with Gasteiger partial charge in [0.25, 0.3) is 0 Å². The van der Waals surface area contributed by atoms with E-state index in [1.165, 1.54) is 6.07 Å². The molecule has 0 fully saturated rings. The summed E-state index contributed by atoms with van der Waals surface area (Å²) in [6.07, 6.45) is 0. The van der Waals surface area contributed by atoms with E-state index in [4.69, 9.17) is 0 Å². The normalized spacial score (nSPS) is 10.0. The molecule has 0 saturated carbocycles. The zero-order valence-corrected chi connectivity index (χ0v) is 7.04. The number of hydrogen-bond donors (Lipinski definition) is 0. The van der Waals surface area contributed by atoms with Crippen molar-refractivity contribution in [2.75, 3.05) is 0 Å². The molecule has 5 heteroatoms.